The Labute approximate surface area is 133 Å². The molecule has 0 saturated carbocycles. The first-order valence-corrected chi connectivity index (χ1v) is 7.39. The van der Waals surface area contributed by atoms with Crippen LogP contribution in [0.4, 0.5) is 11.4 Å². The molecule has 1 heterocycles. The highest BCUT2D eigenvalue weighted by atomic mass is 16.6. The van der Waals surface area contributed by atoms with Gasteiger partial charge in [-0.3, -0.25) is 14.9 Å². The first-order chi connectivity index (χ1) is 11.0. The molecule has 0 aliphatic carbocycles. The van der Waals surface area contributed by atoms with Crippen molar-refractivity contribution < 1.29 is 14.8 Å². The largest absolute Gasteiger partial charge is 0.506 e. The highest BCUT2D eigenvalue weighted by Crippen LogP contribution is 2.29. The van der Waals surface area contributed by atoms with Gasteiger partial charge in [0.2, 0.25) is 5.91 Å². The predicted molar refractivity (Wildman–Crippen MR) is 82.8 cm³/mol. The summed E-state index contributed by atoms with van der Waals surface area (Å²) in [6.45, 7) is 2.03. The Morgan fingerprint density at radius 3 is 3.04 bits per heavy atom. The minimum atomic E-state index is -0.584. The summed E-state index contributed by atoms with van der Waals surface area (Å²) < 4.78 is 0. The number of carbonyl (C=O) groups excluding carboxylic acids is 1. The Morgan fingerprint density at radius 2 is 2.35 bits per heavy atom. The van der Waals surface area contributed by atoms with E-state index < -0.39 is 4.92 Å². The molecular weight excluding hydrogens is 300 g/mol. The lowest BCUT2D eigenvalue weighted by atomic mass is 9.97. The van der Waals surface area contributed by atoms with E-state index in [9.17, 15) is 20.0 Å². The molecule has 1 amide bonds. The molecule has 0 radical (unpaired) electrons. The third kappa shape index (κ3) is 4.40. The number of nitrogens with one attached hydrogen (secondary N) is 1. The quantitative estimate of drug-likeness (QED) is 0.486. The fourth-order valence-electron chi connectivity index (χ4n) is 2.65. The molecule has 2 N–H and O–H groups in total. The van der Waals surface area contributed by atoms with E-state index in [4.69, 9.17) is 5.26 Å². The van der Waals surface area contributed by atoms with Crippen molar-refractivity contribution in [2.45, 2.75) is 19.3 Å². The molecule has 0 aromatic heterocycles. The van der Waals surface area contributed by atoms with Crippen molar-refractivity contribution in [2.24, 2.45) is 5.92 Å². The smallest absolute Gasteiger partial charge is 0.271 e. The molecule has 1 atom stereocenters. The normalized spacial score (nSPS) is 18.1. The molecule has 122 valence electrons. The Bertz CT molecular complexity index is 641. The summed E-state index contributed by atoms with van der Waals surface area (Å²) in [5, 5.41) is 31.7. The summed E-state index contributed by atoms with van der Waals surface area (Å²) in [5.74, 6) is -0.746. The second-order valence-electron chi connectivity index (χ2n) is 5.50. The molecule has 23 heavy (non-hydrogen) atoms. The van der Waals surface area contributed by atoms with Crippen LogP contribution in [0.3, 0.4) is 0 Å². The summed E-state index contributed by atoms with van der Waals surface area (Å²) in [4.78, 5) is 24.6. The number of nitriles is 1. The number of phenolic OH excluding ortho intramolecular Hbond substituents is 1. The van der Waals surface area contributed by atoms with Gasteiger partial charge in [-0.2, -0.15) is 5.26 Å². The fraction of sp³-hybridized carbons (Fsp3) is 0.467. The maximum atomic E-state index is 12.3. The lowest BCUT2D eigenvalue weighted by molar-refractivity contribution is -0.384. The van der Waals surface area contributed by atoms with Gasteiger partial charge in [0.15, 0.2) is 0 Å². The molecule has 1 aromatic carbocycles. The molecule has 8 nitrogen and oxygen atoms in total. The van der Waals surface area contributed by atoms with Crippen LogP contribution in [-0.4, -0.2) is 40.5 Å². The van der Waals surface area contributed by atoms with Crippen LogP contribution < -0.4 is 5.32 Å². The van der Waals surface area contributed by atoms with Crippen LogP contribution in [0.1, 0.15) is 19.3 Å². The van der Waals surface area contributed by atoms with Crippen LogP contribution in [0.25, 0.3) is 0 Å². The molecule has 0 bridgehead atoms. The first-order valence-electron chi connectivity index (χ1n) is 7.39. The van der Waals surface area contributed by atoms with Crippen molar-refractivity contribution in [1.29, 1.82) is 5.26 Å². The maximum Gasteiger partial charge on any atom is 0.271 e. The number of piperidine rings is 1. The van der Waals surface area contributed by atoms with Crippen LogP contribution in [0.5, 0.6) is 5.75 Å². The number of aromatic hydroxyl groups is 1. The van der Waals surface area contributed by atoms with E-state index >= 15 is 0 Å². The van der Waals surface area contributed by atoms with Gasteiger partial charge in [-0.25, -0.2) is 0 Å². The average Bonchev–Trinajstić information content (AvgIpc) is 2.55. The molecule has 1 aromatic rings. The highest BCUT2D eigenvalue weighted by Gasteiger charge is 2.26. The third-order valence-electron chi connectivity index (χ3n) is 3.86. The molecule has 8 heteroatoms. The number of benzene rings is 1. The fourth-order valence-corrected chi connectivity index (χ4v) is 2.65. The van der Waals surface area contributed by atoms with Gasteiger partial charge in [0.05, 0.1) is 22.6 Å². The van der Waals surface area contributed by atoms with Crippen LogP contribution in [-0.2, 0) is 4.79 Å². The second-order valence-corrected chi connectivity index (χ2v) is 5.50. The number of rotatable bonds is 5. The van der Waals surface area contributed by atoms with E-state index in [1.54, 1.807) is 0 Å². The number of nitrogens with zero attached hydrogens (tertiary/aromatic N) is 3. The Hall–Kier alpha value is -2.66. The van der Waals surface area contributed by atoms with Gasteiger partial charge in [0.1, 0.15) is 5.75 Å². The number of phenols is 1. The van der Waals surface area contributed by atoms with Crippen LogP contribution >= 0.6 is 0 Å². The summed E-state index contributed by atoms with van der Waals surface area (Å²) in [5.41, 5.74) is -0.157. The average molecular weight is 318 g/mol. The van der Waals surface area contributed by atoms with Crippen molar-refractivity contribution in [2.75, 3.05) is 25.0 Å². The van der Waals surface area contributed by atoms with E-state index in [2.05, 4.69) is 16.3 Å². The van der Waals surface area contributed by atoms with E-state index in [1.807, 2.05) is 0 Å². The lowest BCUT2D eigenvalue weighted by Crippen LogP contribution is -2.41. The van der Waals surface area contributed by atoms with Gasteiger partial charge in [-0.1, -0.05) is 0 Å². The Morgan fingerprint density at radius 1 is 1.57 bits per heavy atom. The van der Waals surface area contributed by atoms with E-state index in [1.165, 1.54) is 12.1 Å². The molecule has 1 unspecified atom stereocenters. The van der Waals surface area contributed by atoms with Gasteiger partial charge in [0.25, 0.3) is 5.69 Å². The molecule has 0 spiro atoms. The maximum absolute atomic E-state index is 12.3. The second kappa shape index (κ2) is 7.56. The van der Waals surface area contributed by atoms with Gasteiger partial charge >= 0.3 is 0 Å². The molecular formula is C15H18N4O4. The molecule has 2 rings (SSSR count). The van der Waals surface area contributed by atoms with Crippen LogP contribution in [0.2, 0.25) is 0 Å². The molecule has 1 aliphatic heterocycles. The van der Waals surface area contributed by atoms with Gasteiger partial charge in [0, 0.05) is 31.6 Å². The number of hydrogen-bond donors (Lipinski definition) is 2. The number of carbonyl (C=O) groups is 1. The number of nitro benzene ring substituents is 1. The van der Waals surface area contributed by atoms with Gasteiger partial charge in [-0.15, -0.1) is 0 Å². The summed E-state index contributed by atoms with van der Waals surface area (Å²) in [6.07, 6.45) is 1.98. The molecule has 1 fully saturated rings. The van der Waals surface area contributed by atoms with Crippen molar-refractivity contribution in [1.82, 2.24) is 4.90 Å². The number of anilines is 1. The van der Waals surface area contributed by atoms with Crippen molar-refractivity contribution in [3.8, 4) is 11.8 Å². The minimum Gasteiger partial charge on any atom is -0.506 e. The summed E-state index contributed by atoms with van der Waals surface area (Å²) >= 11 is 0. The van der Waals surface area contributed by atoms with E-state index in [0.29, 0.717) is 25.9 Å². The Balaban J connectivity index is 2.02. The number of hydrogen-bond acceptors (Lipinski definition) is 6. The van der Waals surface area contributed by atoms with Crippen molar-refractivity contribution in [3.05, 3.63) is 28.3 Å². The van der Waals surface area contributed by atoms with E-state index in [-0.39, 0.29) is 28.9 Å². The minimum absolute atomic E-state index is 0.0401. The van der Waals surface area contributed by atoms with Crippen LogP contribution in [0.15, 0.2) is 18.2 Å². The third-order valence-corrected chi connectivity index (χ3v) is 3.86. The van der Waals surface area contributed by atoms with Gasteiger partial charge in [-0.05, 0) is 25.5 Å². The first kappa shape index (κ1) is 16.7. The topological polar surface area (TPSA) is 120 Å². The Kier molecular flexibility index (Phi) is 5.49. The van der Waals surface area contributed by atoms with Gasteiger partial charge < -0.3 is 15.3 Å². The number of amides is 1. The summed E-state index contributed by atoms with van der Waals surface area (Å²) in [7, 11) is 0. The van der Waals surface area contributed by atoms with Crippen molar-refractivity contribution >= 4 is 17.3 Å². The standard InChI is InChI=1S/C15H18N4O4/c16-6-2-8-18-7-1-3-11(10-18)15(21)17-13-9-12(19(22)23)4-5-14(13)20/h4-5,9,11,20H,1-3,7-8,10H2,(H,17,21). The lowest BCUT2D eigenvalue weighted by Gasteiger charge is -2.31. The van der Waals surface area contributed by atoms with E-state index in [0.717, 1.165) is 19.0 Å². The monoisotopic (exact) mass is 318 g/mol. The zero-order valence-electron chi connectivity index (χ0n) is 12.6. The number of nitro groups is 1. The van der Waals surface area contributed by atoms with Crippen molar-refractivity contribution in [3.63, 3.8) is 0 Å². The number of non-ortho nitro benzene ring substituents is 1. The van der Waals surface area contributed by atoms with Crippen LogP contribution in [0, 0.1) is 27.4 Å². The molecule has 1 aliphatic rings. The number of likely N-dealkylation sites (tertiary alicyclic amines) is 1. The predicted octanol–water partition coefficient (Wildman–Crippen LogP) is 1.86. The molecule has 1 saturated heterocycles. The zero-order chi connectivity index (χ0) is 16.8. The highest BCUT2D eigenvalue weighted by molar-refractivity contribution is 5.94. The SMILES string of the molecule is N#CCCN1CCCC(C(=O)Nc2cc([N+](=O)[O-])ccc2O)C1. The zero-order valence-corrected chi connectivity index (χ0v) is 12.6. The summed E-state index contributed by atoms with van der Waals surface area (Å²) in [6, 6.07) is 5.59.